The van der Waals surface area contributed by atoms with Crippen LogP contribution in [-0.2, 0) is 15.8 Å². The Balaban J connectivity index is 1.59. The molecule has 1 N–H and O–H groups in total. The van der Waals surface area contributed by atoms with Crippen LogP contribution in [0.2, 0.25) is 0 Å². The lowest BCUT2D eigenvalue weighted by Gasteiger charge is -2.25. The van der Waals surface area contributed by atoms with Gasteiger partial charge < -0.3 is 14.7 Å². The lowest BCUT2D eigenvalue weighted by molar-refractivity contribution is -0.135. The number of aryl methyl sites for hydroxylation is 2. The predicted octanol–water partition coefficient (Wildman–Crippen LogP) is 5.49. The fraction of sp³-hybridized carbons (Fsp3) is 0.333. The van der Waals surface area contributed by atoms with Crippen molar-refractivity contribution in [1.29, 1.82) is 0 Å². The maximum absolute atomic E-state index is 13.5. The standard InChI is InChI=1S/C30H33NO4/c1-20-17-22(29(3,4)5)18-21(2)27(20)26(32)19-30(34)24-13-9-10-14-25(24)31(28(30)33)15-16-35-23-11-7-6-8-12-23/h6-14,17-18,34H,15-16,19H2,1-5H3. The van der Waals surface area contributed by atoms with Gasteiger partial charge in [0.05, 0.1) is 18.7 Å². The molecular formula is C30H33NO4. The third-order valence-electron chi connectivity index (χ3n) is 6.66. The Hall–Kier alpha value is -3.44. The van der Waals surface area contributed by atoms with Gasteiger partial charge in [0.25, 0.3) is 5.91 Å². The first-order valence-electron chi connectivity index (χ1n) is 12.0. The highest BCUT2D eigenvalue weighted by molar-refractivity contribution is 6.11. The Morgan fingerprint density at radius 3 is 2.20 bits per heavy atom. The topological polar surface area (TPSA) is 66.8 Å². The number of ketones is 1. The van der Waals surface area contributed by atoms with E-state index in [1.165, 1.54) is 4.90 Å². The number of nitrogens with zero attached hydrogens (tertiary/aromatic N) is 1. The summed E-state index contributed by atoms with van der Waals surface area (Å²) in [6, 6.07) is 20.6. The van der Waals surface area contributed by atoms with Crippen molar-refractivity contribution in [2.24, 2.45) is 0 Å². The highest BCUT2D eigenvalue weighted by Gasteiger charge is 2.50. The summed E-state index contributed by atoms with van der Waals surface area (Å²) >= 11 is 0. The molecule has 0 spiro atoms. The summed E-state index contributed by atoms with van der Waals surface area (Å²) in [5.41, 5.74) is 2.55. The molecule has 0 radical (unpaired) electrons. The second-order valence-electron chi connectivity index (χ2n) is 10.3. The molecule has 5 nitrogen and oxygen atoms in total. The van der Waals surface area contributed by atoms with Crippen LogP contribution in [0.1, 0.15) is 59.8 Å². The van der Waals surface area contributed by atoms with Gasteiger partial charge in [-0.3, -0.25) is 9.59 Å². The lowest BCUT2D eigenvalue weighted by Crippen LogP contribution is -2.43. The molecule has 1 atom stereocenters. The van der Waals surface area contributed by atoms with Crippen molar-refractivity contribution in [2.45, 2.75) is 52.1 Å². The van der Waals surface area contributed by atoms with E-state index in [0.717, 1.165) is 16.7 Å². The van der Waals surface area contributed by atoms with Crippen molar-refractivity contribution in [1.82, 2.24) is 0 Å². The van der Waals surface area contributed by atoms with E-state index in [9.17, 15) is 14.7 Å². The number of benzene rings is 3. The normalized spacial score (nSPS) is 17.4. The molecule has 0 aromatic heterocycles. The number of Topliss-reactive ketones (excluding diaryl/α,β-unsaturated/α-hetero) is 1. The van der Waals surface area contributed by atoms with Crippen molar-refractivity contribution in [3.8, 4) is 5.75 Å². The molecule has 4 rings (SSSR count). The number of rotatable bonds is 7. The Bertz CT molecular complexity index is 1240. The molecule has 0 aliphatic carbocycles. The monoisotopic (exact) mass is 471 g/mol. The van der Waals surface area contributed by atoms with E-state index < -0.39 is 11.5 Å². The van der Waals surface area contributed by atoms with E-state index in [1.54, 1.807) is 18.2 Å². The van der Waals surface area contributed by atoms with E-state index in [4.69, 9.17) is 4.74 Å². The molecule has 0 fully saturated rings. The van der Waals surface area contributed by atoms with Gasteiger partial charge in [-0.05, 0) is 54.2 Å². The van der Waals surface area contributed by atoms with Gasteiger partial charge in [0, 0.05) is 11.1 Å². The highest BCUT2D eigenvalue weighted by atomic mass is 16.5. The third-order valence-corrected chi connectivity index (χ3v) is 6.66. The number of hydrogen-bond acceptors (Lipinski definition) is 4. The summed E-state index contributed by atoms with van der Waals surface area (Å²) in [6.45, 7) is 10.8. The van der Waals surface area contributed by atoms with Gasteiger partial charge in [-0.15, -0.1) is 0 Å². The fourth-order valence-electron chi connectivity index (χ4n) is 4.83. The van der Waals surface area contributed by atoms with Crippen LogP contribution in [0.25, 0.3) is 0 Å². The molecule has 1 heterocycles. The molecule has 0 saturated heterocycles. The van der Waals surface area contributed by atoms with Crippen LogP contribution in [0.3, 0.4) is 0 Å². The first kappa shape index (κ1) is 24.7. The summed E-state index contributed by atoms with van der Waals surface area (Å²) < 4.78 is 5.78. The average Bonchev–Trinajstić information content (AvgIpc) is 3.00. The van der Waals surface area contributed by atoms with Gasteiger partial charge in [-0.2, -0.15) is 0 Å². The Morgan fingerprint density at radius 2 is 1.57 bits per heavy atom. The molecule has 1 unspecified atom stereocenters. The molecular weight excluding hydrogens is 438 g/mol. The van der Waals surface area contributed by atoms with Gasteiger partial charge in [0.1, 0.15) is 12.4 Å². The number of aliphatic hydroxyl groups is 1. The predicted molar refractivity (Wildman–Crippen MR) is 138 cm³/mol. The second-order valence-corrected chi connectivity index (χ2v) is 10.3. The maximum atomic E-state index is 13.5. The number of amides is 1. The number of fused-ring (bicyclic) bond motifs is 1. The van der Waals surface area contributed by atoms with Crippen LogP contribution in [0.15, 0.2) is 66.7 Å². The second kappa shape index (κ2) is 9.31. The van der Waals surface area contributed by atoms with E-state index in [1.807, 2.05) is 62.4 Å². The summed E-state index contributed by atoms with van der Waals surface area (Å²) in [5, 5.41) is 11.6. The van der Waals surface area contributed by atoms with Gasteiger partial charge in [0.15, 0.2) is 11.4 Å². The zero-order valence-electron chi connectivity index (χ0n) is 21.1. The fourth-order valence-corrected chi connectivity index (χ4v) is 4.83. The van der Waals surface area contributed by atoms with Crippen molar-refractivity contribution < 1.29 is 19.4 Å². The van der Waals surface area contributed by atoms with Crippen LogP contribution < -0.4 is 9.64 Å². The third kappa shape index (κ3) is 4.73. The van der Waals surface area contributed by atoms with Crippen molar-refractivity contribution >= 4 is 17.4 Å². The van der Waals surface area contributed by atoms with Crippen LogP contribution in [0.4, 0.5) is 5.69 Å². The average molecular weight is 472 g/mol. The summed E-state index contributed by atoms with van der Waals surface area (Å²) in [5.74, 6) is -0.0265. The minimum atomic E-state index is -1.91. The van der Waals surface area contributed by atoms with Gasteiger partial charge in [-0.25, -0.2) is 0 Å². The molecule has 1 aliphatic rings. The summed E-state index contributed by atoms with van der Waals surface area (Å²) in [7, 11) is 0. The van der Waals surface area contributed by atoms with Gasteiger partial charge in [0.2, 0.25) is 0 Å². The number of anilines is 1. The lowest BCUT2D eigenvalue weighted by atomic mass is 9.81. The van der Waals surface area contributed by atoms with E-state index in [0.29, 0.717) is 22.6 Å². The largest absolute Gasteiger partial charge is 0.492 e. The van der Waals surface area contributed by atoms with Gasteiger partial charge >= 0.3 is 0 Å². The first-order valence-corrected chi connectivity index (χ1v) is 12.0. The molecule has 3 aromatic rings. The Morgan fingerprint density at radius 1 is 0.971 bits per heavy atom. The highest BCUT2D eigenvalue weighted by Crippen LogP contribution is 2.43. The molecule has 0 bridgehead atoms. The number of hydrogen-bond donors (Lipinski definition) is 1. The number of ether oxygens (including phenoxy) is 1. The Labute approximate surface area is 207 Å². The van der Waals surface area contributed by atoms with Crippen LogP contribution >= 0.6 is 0 Å². The van der Waals surface area contributed by atoms with Crippen LogP contribution in [0, 0.1) is 13.8 Å². The van der Waals surface area contributed by atoms with E-state index in [2.05, 4.69) is 20.8 Å². The van der Waals surface area contributed by atoms with E-state index in [-0.39, 0.29) is 30.8 Å². The number of carbonyl (C=O) groups excluding carboxylic acids is 2. The molecule has 35 heavy (non-hydrogen) atoms. The quantitative estimate of drug-likeness (QED) is 0.463. The minimum Gasteiger partial charge on any atom is -0.492 e. The summed E-state index contributed by atoms with van der Waals surface area (Å²) in [6.07, 6.45) is -0.310. The van der Waals surface area contributed by atoms with Crippen molar-refractivity contribution in [3.63, 3.8) is 0 Å². The SMILES string of the molecule is Cc1cc(C(C)(C)C)cc(C)c1C(=O)CC1(O)C(=O)N(CCOc2ccccc2)c2ccccc21. The van der Waals surface area contributed by atoms with Crippen molar-refractivity contribution in [3.05, 3.63) is 94.5 Å². The van der Waals surface area contributed by atoms with Gasteiger partial charge in [-0.1, -0.05) is 69.3 Å². The van der Waals surface area contributed by atoms with Crippen molar-refractivity contribution in [2.75, 3.05) is 18.1 Å². The molecule has 3 aromatic carbocycles. The smallest absolute Gasteiger partial charge is 0.264 e. The molecule has 1 aliphatic heterocycles. The zero-order chi connectivity index (χ0) is 25.4. The summed E-state index contributed by atoms with van der Waals surface area (Å²) in [4.78, 5) is 28.6. The zero-order valence-corrected chi connectivity index (χ0v) is 21.1. The molecule has 5 heteroatoms. The minimum absolute atomic E-state index is 0.0437. The Kier molecular flexibility index (Phi) is 6.56. The number of carbonyl (C=O) groups is 2. The van der Waals surface area contributed by atoms with Crippen LogP contribution in [0.5, 0.6) is 5.75 Å². The maximum Gasteiger partial charge on any atom is 0.264 e. The first-order chi connectivity index (χ1) is 16.5. The molecule has 0 saturated carbocycles. The van der Waals surface area contributed by atoms with E-state index >= 15 is 0 Å². The number of para-hydroxylation sites is 2. The molecule has 1 amide bonds. The molecule has 182 valence electrons. The van der Waals surface area contributed by atoms with Crippen LogP contribution in [-0.4, -0.2) is 29.9 Å².